The van der Waals surface area contributed by atoms with Gasteiger partial charge >= 0.3 is 0 Å². The Morgan fingerprint density at radius 3 is 3.08 bits per heavy atom. The van der Waals surface area contributed by atoms with Gasteiger partial charge < -0.3 is 0 Å². The molecule has 13 heavy (non-hydrogen) atoms. The van der Waals surface area contributed by atoms with E-state index in [0.717, 1.165) is 6.42 Å². The van der Waals surface area contributed by atoms with Gasteiger partial charge in [0, 0.05) is 4.88 Å². The fourth-order valence-electron chi connectivity index (χ4n) is 1.48. The highest BCUT2D eigenvalue weighted by molar-refractivity contribution is 7.13. The van der Waals surface area contributed by atoms with Crippen LogP contribution in [0.4, 0.5) is 0 Å². The largest absolute Gasteiger partial charge is 0.144 e. The molecule has 0 atom stereocenters. The van der Waals surface area contributed by atoms with Crippen LogP contribution in [0.5, 0.6) is 0 Å². The minimum Gasteiger partial charge on any atom is -0.144 e. The van der Waals surface area contributed by atoms with Gasteiger partial charge in [0.1, 0.15) is 0 Å². The Balaban J connectivity index is 2.37. The van der Waals surface area contributed by atoms with Crippen molar-refractivity contribution < 1.29 is 0 Å². The smallest absolute Gasteiger partial charge is 0.0345 e. The molecule has 1 aliphatic carbocycles. The molecule has 0 unspecified atom stereocenters. The van der Waals surface area contributed by atoms with Crippen LogP contribution in [0.25, 0.3) is 10.4 Å². The molecule has 0 nitrogen and oxygen atoms in total. The topological polar surface area (TPSA) is 0 Å². The van der Waals surface area contributed by atoms with Crippen LogP contribution < -0.4 is 0 Å². The van der Waals surface area contributed by atoms with Gasteiger partial charge in [-0.3, -0.25) is 0 Å². The van der Waals surface area contributed by atoms with Crippen molar-refractivity contribution in [3.63, 3.8) is 0 Å². The SMILES string of the molecule is CC=CCc1ccc2scccc1-2. The van der Waals surface area contributed by atoms with Gasteiger partial charge in [0.25, 0.3) is 0 Å². The van der Waals surface area contributed by atoms with Crippen LogP contribution in [-0.2, 0) is 6.42 Å². The van der Waals surface area contributed by atoms with Crippen LogP contribution in [0.3, 0.4) is 0 Å². The first kappa shape index (κ1) is 8.52. The molecule has 0 amide bonds. The lowest BCUT2D eigenvalue weighted by atomic mass is 10.1. The van der Waals surface area contributed by atoms with Crippen molar-refractivity contribution in [2.24, 2.45) is 0 Å². The molecule has 0 N–H and O–H groups in total. The summed E-state index contributed by atoms with van der Waals surface area (Å²) in [7, 11) is 0. The van der Waals surface area contributed by atoms with Crippen molar-refractivity contribution in [3.05, 3.63) is 47.4 Å². The Morgan fingerprint density at radius 1 is 1.31 bits per heavy atom. The van der Waals surface area contributed by atoms with Gasteiger partial charge in [0.15, 0.2) is 0 Å². The lowest BCUT2D eigenvalue weighted by Gasteiger charge is -1.99. The fourth-order valence-corrected chi connectivity index (χ4v) is 2.25. The molecule has 0 radical (unpaired) electrons. The quantitative estimate of drug-likeness (QED) is 0.625. The van der Waals surface area contributed by atoms with Gasteiger partial charge in [-0.25, -0.2) is 0 Å². The molecule has 1 heterocycles. The highest BCUT2D eigenvalue weighted by Crippen LogP contribution is 2.31. The Morgan fingerprint density at radius 2 is 2.23 bits per heavy atom. The monoisotopic (exact) mass is 188 g/mol. The van der Waals surface area contributed by atoms with E-state index in [2.05, 4.69) is 48.7 Å². The van der Waals surface area contributed by atoms with Gasteiger partial charge in [-0.15, -0.1) is 11.3 Å². The lowest BCUT2D eigenvalue weighted by molar-refractivity contribution is 1.29. The summed E-state index contributed by atoms with van der Waals surface area (Å²) in [5, 5.41) is 2.13. The van der Waals surface area contributed by atoms with Crippen LogP contribution in [0, 0.1) is 0 Å². The van der Waals surface area contributed by atoms with E-state index in [-0.39, 0.29) is 0 Å². The summed E-state index contributed by atoms with van der Waals surface area (Å²) in [6.07, 6.45) is 5.36. The molecular formula is C12H12S. The summed E-state index contributed by atoms with van der Waals surface area (Å²) in [6, 6.07) is 8.75. The second-order valence-corrected chi connectivity index (χ2v) is 3.97. The second kappa shape index (κ2) is 3.75. The third-order valence-electron chi connectivity index (χ3n) is 2.16. The predicted molar refractivity (Wildman–Crippen MR) is 59.5 cm³/mol. The molecule has 1 heteroatoms. The molecule has 0 saturated carbocycles. The normalized spacial score (nSPS) is 11.5. The zero-order valence-electron chi connectivity index (χ0n) is 7.66. The molecule has 0 aromatic heterocycles. The summed E-state index contributed by atoms with van der Waals surface area (Å²) < 4.78 is 0. The van der Waals surface area contributed by atoms with E-state index in [1.165, 1.54) is 16.0 Å². The first-order valence-corrected chi connectivity index (χ1v) is 5.36. The zero-order chi connectivity index (χ0) is 9.10. The van der Waals surface area contributed by atoms with Gasteiger partial charge in [0.05, 0.1) is 0 Å². The minimum absolute atomic E-state index is 1.05. The summed E-state index contributed by atoms with van der Waals surface area (Å²) in [5.41, 5.74) is 2.84. The van der Waals surface area contributed by atoms with Crippen molar-refractivity contribution in [1.82, 2.24) is 0 Å². The maximum atomic E-state index is 2.22. The summed E-state index contributed by atoms with van der Waals surface area (Å²) in [5.74, 6) is 0. The average molecular weight is 188 g/mol. The highest BCUT2D eigenvalue weighted by Gasteiger charge is 2.06. The van der Waals surface area contributed by atoms with Crippen LogP contribution in [0.15, 0.2) is 41.8 Å². The Bertz CT molecular complexity index is 384. The van der Waals surface area contributed by atoms with Crippen LogP contribution in [-0.4, -0.2) is 0 Å². The van der Waals surface area contributed by atoms with Gasteiger partial charge in [0.2, 0.25) is 0 Å². The first-order chi connectivity index (χ1) is 6.42. The lowest BCUT2D eigenvalue weighted by Crippen LogP contribution is -1.79. The summed E-state index contributed by atoms with van der Waals surface area (Å²) in [4.78, 5) is 1.39. The molecule has 0 fully saturated rings. The predicted octanol–water partition coefficient (Wildman–Crippen LogP) is 3.97. The van der Waals surface area contributed by atoms with Crippen molar-refractivity contribution in [2.75, 3.05) is 0 Å². The molecule has 0 aromatic rings. The summed E-state index contributed by atoms with van der Waals surface area (Å²) >= 11 is 1.81. The molecule has 2 rings (SSSR count). The van der Waals surface area contributed by atoms with Crippen LogP contribution in [0.2, 0.25) is 0 Å². The number of allylic oxidation sites excluding steroid dienone is 2. The number of hydrogen-bond donors (Lipinski definition) is 0. The maximum absolute atomic E-state index is 2.22. The first-order valence-electron chi connectivity index (χ1n) is 4.48. The molecule has 0 bridgehead atoms. The maximum Gasteiger partial charge on any atom is 0.0345 e. The fraction of sp³-hybridized carbons (Fsp3) is 0.167. The molecule has 0 saturated heterocycles. The van der Waals surface area contributed by atoms with Crippen molar-refractivity contribution in [3.8, 4) is 10.4 Å². The number of fused-ring (bicyclic) bond motifs is 1. The van der Waals surface area contributed by atoms with Gasteiger partial charge in [-0.1, -0.05) is 30.4 Å². The summed E-state index contributed by atoms with van der Waals surface area (Å²) in [6.45, 7) is 2.06. The van der Waals surface area contributed by atoms with E-state index in [4.69, 9.17) is 0 Å². The van der Waals surface area contributed by atoms with Crippen molar-refractivity contribution in [1.29, 1.82) is 0 Å². The second-order valence-electron chi connectivity index (χ2n) is 3.02. The van der Waals surface area contributed by atoms with Crippen molar-refractivity contribution in [2.45, 2.75) is 13.3 Å². The molecule has 0 aromatic carbocycles. The standard InChI is InChI=1S/C12H12S/c1-2-3-5-10-7-8-12-11(10)6-4-9-13-12/h2-4,6-9H,5H2,1H3. The molecule has 1 aliphatic heterocycles. The third kappa shape index (κ3) is 1.65. The van der Waals surface area contributed by atoms with Crippen LogP contribution >= 0.6 is 11.3 Å². The van der Waals surface area contributed by atoms with Crippen LogP contribution in [0.1, 0.15) is 12.5 Å². The molecular weight excluding hydrogens is 176 g/mol. The minimum atomic E-state index is 1.05. The van der Waals surface area contributed by atoms with E-state index in [0.29, 0.717) is 0 Å². The molecule has 66 valence electrons. The van der Waals surface area contributed by atoms with E-state index in [9.17, 15) is 0 Å². The molecule has 2 aliphatic rings. The Kier molecular flexibility index (Phi) is 2.46. The Hall–Kier alpha value is -1.08. The Labute approximate surface area is 82.9 Å². The van der Waals surface area contributed by atoms with Crippen molar-refractivity contribution >= 4 is 11.3 Å². The average Bonchev–Trinajstić information content (AvgIpc) is 2.58. The van der Waals surface area contributed by atoms with Gasteiger partial charge in [-0.2, -0.15) is 0 Å². The highest BCUT2D eigenvalue weighted by atomic mass is 32.1. The van der Waals surface area contributed by atoms with E-state index < -0.39 is 0 Å². The van der Waals surface area contributed by atoms with E-state index >= 15 is 0 Å². The zero-order valence-corrected chi connectivity index (χ0v) is 8.47. The van der Waals surface area contributed by atoms with E-state index in [1.807, 2.05) is 11.3 Å². The number of hydrogen-bond acceptors (Lipinski definition) is 1. The van der Waals surface area contributed by atoms with E-state index in [1.54, 1.807) is 0 Å². The van der Waals surface area contributed by atoms with Gasteiger partial charge in [-0.05, 0) is 35.9 Å². The third-order valence-corrected chi connectivity index (χ3v) is 3.06. The molecule has 0 spiro atoms. The number of rotatable bonds is 2.